The number of rotatable bonds is 7. The van der Waals surface area contributed by atoms with Crippen molar-refractivity contribution in [2.45, 2.75) is 13.8 Å². The molecule has 1 amide bonds. The van der Waals surface area contributed by atoms with Gasteiger partial charge in [0.2, 0.25) is 0 Å². The predicted molar refractivity (Wildman–Crippen MR) is 110 cm³/mol. The summed E-state index contributed by atoms with van der Waals surface area (Å²) in [7, 11) is 1.53. The summed E-state index contributed by atoms with van der Waals surface area (Å²) in [5, 5.41) is 2.08. The third kappa shape index (κ3) is 3.98. The second-order valence-electron chi connectivity index (χ2n) is 6.34. The molecule has 0 spiro atoms. The number of methoxy groups -OCH3 is 1. The highest BCUT2D eigenvalue weighted by Gasteiger charge is 2.18. The summed E-state index contributed by atoms with van der Waals surface area (Å²) in [4.78, 5) is 26.5. The summed E-state index contributed by atoms with van der Waals surface area (Å²) in [5.74, 6) is 0.609. The second-order valence-corrected chi connectivity index (χ2v) is 6.34. The van der Waals surface area contributed by atoms with E-state index in [9.17, 15) is 9.59 Å². The van der Waals surface area contributed by atoms with Crippen molar-refractivity contribution in [3.8, 4) is 11.5 Å². The second kappa shape index (κ2) is 8.57. The van der Waals surface area contributed by atoms with E-state index in [1.54, 1.807) is 23.1 Å². The van der Waals surface area contributed by atoms with Crippen LogP contribution in [-0.4, -0.2) is 32.0 Å². The first-order chi connectivity index (χ1) is 13.5. The summed E-state index contributed by atoms with van der Waals surface area (Å²) >= 11 is 0. The minimum absolute atomic E-state index is 0.150. The molecule has 3 aromatic rings. The lowest BCUT2D eigenvalue weighted by molar-refractivity contribution is -0.120. The molecular weight excluding hydrogens is 354 g/mol. The zero-order valence-corrected chi connectivity index (χ0v) is 16.3. The molecule has 0 unspecified atom stereocenters. The molecule has 0 saturated carbocycles. The van der Waals surface area contributed by atoms with E-state index < -0.39 is 0 Å². The van der Waals surface area contributed by atoms with Crippen molar-refractivity contribution >= 4 is 28.2 Å². The van der Waals surface area contributed by atoms with Crippen LogP contribution in [0.5, 0.6) is 11.5 Å². The van der Waals surface area contributed by atoms with E-state index in [0.29, 0.717) is 23.6 Å². The first-order valence-corrected chi connectivity index (χ1v) is 9.15. The van der Waals surface area contributed by atoms with Gasteiger partial charge < -0.3 is 14.4 Å². The molecule has 144 valence electrons. The van der Waals surface area contributed by atoms with Gasteiger partial charge in [0.05, 0.1) is 18.4 Å². The van der Waals surface area contributed by atoms with Crippen molar-refractivity contribution in [3.05, 3.63) is 66.2 Å². The van der Waals surface area contributed by atoms with Gasteiger partial charge in [-0.25, -0.2) is 0 Å². The molecule has 0 heterocycles. The van der Waals surface area contributed by atoms with Crippen LogP contribution in [0.25, 0.3) is 10.8 Å². The van der Waals surface area contributed by atoms with Crippen LogP contribution >= 0.6 is 0 Å². The van der Waals surface area contributed by atoms with Crippen molar-refractivity contribution in [1.29, 1.82) is 0 Å². The number of benzene rings is 3. The molecule has 5 heteroatoms. The Morgan fingerprint density at radius 1 is 1.00 bits per heavy atom. The van der Waals surface area contributed by atoms with Crippen molar-refractivity contribution in [3.63, 3.8) is 0 Å². The number of nitrogens with zero attached hydrogens (tertiary/aromatic N) is 1. The van der Waals surface area contributed by atoms with E-state index in [1.807, 2.05) is 49.4 Å². The third-order valence-corrected chi connectivity index (χ3v) is 4.59. The number of ether oxygens (including phenoxy) is 2. The first kappa shape index (κ1) is 19.4. The lowest BCUT2D eigenvalue weighted by Gasteiger charge is -2.23. The van der Waals surface area contributed by atoms with Crippen LogP contribution in [0.15, 0.2) is 60.7 Å². The van der Waals surface area contributed by atoms with Gasteiger partial charge in [0, 0.05) is 11.9 Å². The Bertz CT molecular complexity index is 1010. The molecule has 0 fully saturated rings. The van der Waals surface area contributed by atoms with E-state index in [-0.39, 0.29) is 18.3 Å². The van der Waals surface area contributed by atoms with Crippen LogP contribution in [-0.2, 0) is 4.79 Å². The highest BCUT2D eigenvalue weighted by atomic mass is 16.5. The Morgan fingerprint density at radius 2 is 1.75 bits per heavy atom. The van der Waals surface area contributed by atoms with E-state index >= 15 is 0 Å². The molecule has 28 heavy (non-hydrogen) atoms. The van der Waals surface area contributed by atoms with Crippen LogP contribution in [0, 0.1) is 0 Å². The zero-order chi connectivity index (χ0) is 20.1. The Morgan fingerprint density at radius 3 is 2.46 bits per heavy atom. The van der Waals surface area contributed by atoms with Crippen LogP contribution in [0.2, 0.25) is 0 Å². The van der Waals surface area contributed by atoms with Gasteiger partial charge in [0.25, 0.3) is 5.91 Å². The quantitative estimate of drug-likeness (QED) is 0.570. The van der Waals surface area contributed by atoms with Crippen LogP contribution in [0.1, 0.15) is 24.2 Å². The van der Waals surface area contributed by atoms with Crippen molar-refractivity contribution in [2.75, 3.05) is 25.2 Å². The molecular formula is C23H23NO4. The monoisotopic (exact) mass is 377 g/mol. The average Bonchev–Trinajstić information content (AvgIpc) is 2.72. The predicted octanol–water partition coefficient (Wildman–Crippen LogP) is 4.48. The first-order valence-electron chi connectivity index (χ1n) is 9.15. The molecule has 0 atom stereocenters. The standard InChI is InChI=1S/C23H23NO4/c1-4-24(21-11-7-9-17-8-5-6-10-19(17)21)23(26)15-28-22-13-12-18(27-3)14-20(22)16(2)25/h5-14H,4,15H2,1-3H3. The number of Topliss-reactive ketones (excluding diaryl/α,β-unsaturated/α-hetero) is 1. The number of fused-ring (bicyclic) bond motifs is 1. The van der Waals surface area contributed by atoms with Gasteiger partial charge in [-0.15, -0.1) is 0 Å². The summed E-state index contributed by atoms with van der Waals surface area (Å²) in [6.45, 7) is 3.73. The molecule has 0 aliphatic heterocycles. The number of carbonyl (C=O) groups excluding carboxylic acids is 2. The lowest BCUT2D eigenvalue weighted by Crippen LogP contribution is -2.35. The van der Waals surface area contributed by atoms with Crippen molar-refractivity contribution < 1.29 is 19.1 Å². The SMILES string of the molecule is CCN(C(=O)COc1ccc(OC)cc1C(C)=O)c1cccc2ccccc12. The summed E-state index contributed by atoms with van der Waals surface area (Å²) in [6.07, 6.45) is 0. The Labute approximate surface area is 164 Å². The highest BCUT2D eigenvalue weighted by Crippen LogP contribution is 2.28. The largest absolute Gasteiger partial charge is 0.497 e. The lowest BCUT2D eigenvalue weighted by atomic mass is 10.1. The topological polar surface area (TPSA) is 55.8 Å². The molecule has 3 rings (SSSR count). The maximum atomic E-state index is 12.9. The van der Waals surface area contributed by atoms with Crippen molar-refractivity contribution in [1.82, 2.24) is 0 Å². The van der Waals surface area contributed by atoms with Crippen molar-refractivity contribution in [2.24, 2.45) is 0 Å². The Balaban J connectivity index is 1.83. The molecule has 0 aliphatic carbocycles. The maximum absolute atomic E-state index is 12.9. The zero-order valence-electron chi connectivity index (χ0n) is 16.3. The maximum Gasteiger partial charge on any atom is 0.264 e. The minimum atomic E-state index is -0.177. The number of hydrogen-bond donors (Lipinski definition) is 0. The molecule has 0 saturated heterocycles. The molecule has 3 aromatic carbocycles. The smallest absolute Gasteiger partial charge is 0.264 e. The number of carbonyl (C=O) groups is 2. The third-order valence-electron chi connectivity index (χ3n) is 4.59. The van der Waals surface area contributed by atoms with Gasteiger partial charge in [-0.1, -0.05) is 36.4 Å². The molecule has 0 aromatic heterocycles. The normalized spacial score (nSPS) is 10.5. The number of likely N-dealkylation sites (N-methyl/N-ethyl adjacent to an activating group) is 1. The summed E-state index contributed by atoms with van der Waals surface area (Å²) < 4.78 is 10.9. The molecule has 0 aliphatic rings. The van der Waals surface area contributed by atoms with Gasteiger partial charge in [0.1, 0.15) is 11.5 Å². The summed E-state index contributed by atoms with van der Waals surface area (Å²) in [6, 6.07) is 18.8. The minimum Gasteiger partial charge on any atom is -0.497 e. The van der Waals surface area contributed by atoms with Gasteiger partial charge in [0.15, 0.2) is 12.4 Å². The Kier molecular flexibility index (Phi) is 5.94. The average molecular weight is 377 g/mol. The van der Waals surface area contributed by atoms with E-state index in [2.05, 4.69) is 0 Å². The van der Waals surface area contributed by atoms with Crippen LogP contribution in [0.4, 0.5) is 5.69 Å². The fourth-order valence-corrected chi connectivity index (χ4v) is 3.18. The van der Waals surface area contributed by atoms with Crippen LogP contribution < -0.4 is 14.4 Å². The molecule has 5 nitrogen and oxygen atoms in total. The molecule has 0 N–H and O–H groups in total. The van der Waals surface area contributed by atoms with E-state index in [1.165, 1.54) is 14.0 Å². The number of ketones is 1. The number of amides is 1. The molecule has 0 radical (unpaired) electrons. The number of anilines is 1. The fraction of sp³-hybridized carbons (Fsp3) is 0.217. The van der Waals surface area contributed by atoms with Gasteiger partial charge in [-0.2, -0.15) is 0 Å². The van der Waals surface area contributed by atoms with Gasteiger partial charge >= 0.3 is 0 Å². The highest BCUT2D eigenvalue weighted by molar-refractivity contribution is 6.04. The molecule has 0 bridgehead atoms. The van der Waals surface area contributed by atoms with E-state index in [4.69, 9.17) is 9.47 Å². The van der Waals surface area contributed by atoms with Gasteiger partial charge in [-0.3, -0.25) is 9.59 Å². The van der Waals surface area contributed by atoms with Crippen LogP contribution in [0.3, 0.4) is 0 Å². The van der Waals surface area contributed by atoms with E-state index in [0.717, 1.165) is 16.5 Å². The Hall–Kier alpha value is -3.34. The fourth-order valence-electron chi connectivity index (χ4n) is 3.18. The number of hydrogen-bond acceptors (Lipinski definition) is 4. The summed E-state index contributed by atoms with van der Waals surface area (Å²) in [5.41, 5.74) is 1.23. The van der Waals surface area contributed by atoms with Gasteiger partial charge in [-0.05, 0) is 43.5 Å².